The fourth-order valence-corrected chi connectivity index (χ4v) is 7.03. The van der Waals surface area contributed by atoms with Gasteiger partial charge < -0.3 is 14.2 Å². The van der Waals surface area contributed by atoms with Gasteiger partial charge in [0.25, 0.3) is 0 Å². The first kappa shape index (κ1) is 53.9. The maximum Gasteiger partial charge on any atom is 0.187 e. The molecule has 0 atom stereocenters. The lowest BCUT2D eigenvalue weighted by atomic mass is 10.1. The molecule has 0 aliphatic carbocycles. The van der Waals surface area contributed by atoms with Crippen LogP contribution in [0, 0.1) is 26.2 Å². The predicted octanol–water partition coefficient (Wildman–Crippen LogP) is 9.74. The number of terminal acetylenes is 1. The normalized spacial score (nSPS) is 10.4. The van der Waals surface area contributed by atoms with Crippen molar-refractivity contribution < 1.29 is 28.6 Å². The summed E-state index contributed by atoms with van der Waals surface area (Å²) in [4.78, 5) is 87.5. The van der Waals surface area contributed by atoms with Crippen LogP contribution in [0.4, 0.5) is 0 Å². The van der Waals surface area contributed by atoms with Crippen molar-refractivity contribution in [1.29, 1.82) is 0 Å². The molecule has 0 N–H and O–H groups in total. The summed E-state index contributed by atoms with van der Waals surface area (Å²) < 4.78 is 17.2. The van der Waals surface area contributed by atoms with Gasteiger partial charge in [-0.15, -0.1) is 6.42 Å². The average molecular weight is 1010 g/mol. The Hall–Kier alpha value is -9.89. The van der Waals surface area contributed by atoms with Gasteiger partial charge in [-0.3, -0.25) is 29.3 Å². The van der Waals surface area contributed by atoms with Crippen LogP contribution in [0.5, 0.6) is 34.5 Å². The summed E-state index contributed by atoms with van der Waals surface area (Å²) in [6.45, 7) is 9.73. The van der Waals surface area contributed by atoms with Gasteiger partial charge in [0, 0.05) is 93.7 Å². The molecule has 0 radical (unpaired) electrons. The second-order valence-corrected chi connectivity index (χ2v) is 16.7. The molecule has 9 rings (SSSR count). The molecule has 9 aromatic rings. The number of Topliss-reactive ketones (excluding diaryl/α,β-unsaturated/α-hetero) is 3. The molecule has 0 spiro atoms. The highest BCUT2D eigenvalue weighted by Crippen LogP contribution is 2.25. The molecule has 76 heavy (non-hydrogen) atoms. The van der Waals surface area contributed by atoms with Crippen molar-refractivity contribution in [1.82, 2.24) is 59.8 Å². The SMILES string of the molecule is C#Cc1ccc(CC(=O)c2cc(Oc3cncnc3)cc(CC)n2)nc1.CCc1cc(Oc2cncnc2)cc(C(=O)Cc2cccc(C)n2)n1.CCc1cc(Oc2cncnc2)cc(C(=O)Cc2cccc(C)n2)n1. The molecule has 0 aliphatic rings. The first-order valence-corrected chi connectivity index (χ1v) is 24.1. The Kier molecular flexibility index (Phi) is 19.3. The summed E-state index contributed by atoms with van der Waals surface area (Å²) in [5.74, 6) is 5.28. The average Bonchev–Trinajstić information content (AvgIpc) is 3.44. The van der Waals surface area contributed by atoms with Gasteiger partial charge in [0.1, 0.15) is 53.3 Å². The van der Waals surface area contributed by atoms with Crippen molar-refractivity contribution in [2.24, 2.45) is 0 Å². The summed E-state index contributed by atoms with van der Waals surface area (Å²) in [7, 11) is 0. The molecular weight excluding hydrogens is 961 g/mol. The summed E-state index contributed by atoms with van der Waals surface area (Å²) in [5, 5.41) is 0. The summed E-state index contributed by atoms with van der Waals surface area (Å²) in [5.41, 5.74) is 7.94. The largest absolute Gasteiger partial charge is 0.454 e. The molecule has 0 aliphatic heterocycles. The van der Waals surface area contributed by atoms with Gasteiger partial charge in [0.05, 0.1) is 56.4 Å². The number of carbonyl (C=O) groups is 3. The third kappa shape index (κ3) is 16.6. The zero-order valence-electron chi connectivity index (χ0n) is 42.5. The van der Waals surface area contributed by atoms with E-state index < -0.39 is 0 Å². The third-order valence-corrected chi connectivity index (χ3v) is 10.7. The van der Waals surface area contributed by atoms with Crippen molar-refractivity contribution in [3.8, 4) is 46.8 Å². The maximum atomic E-state index is 12.6. The van der Waals surface area contributed by atoms with Crippen LogP contribution in [-0.4, -0.2) is 77.2 Å². The highest BCUT2D eigenvalue weighted by atomic mass is 16.5. The Balaban J connectivity index is 0.000000166. The summed E-state index contributed by atoms with van der Waals surface area (Å²) in [6.07, 6.45) is 23.2. The molecule has 0 amide bonds. The quantitative estimate of drug-likeness (QED) is 0.0574. The number of nitrogens with zero attached hydrogens (tertiary/aromatic N) is 12. The minimum absolute atomic E-state index is 0.0949. The van der Waals surface area contributed by atoms with E-state index in [1.807, 2.05) is 83.1 Å². The van der Waals surface area contributed by atoms with Crippen LogP contribution in [0.2, 0.25) is 0 Å². The van der Waals surface area contributed by atoms with E-state index in [0.717, 1.165) is 39.9 Å². The number of rotatable bonds is 18. The molecule has 0 saturated heterocycles. The van der Waals surface area contributed by atoms with E-state index in [-0.39, 0.29) is 36.6 Å². The standard InChI is InChI=1S/C20H16N4O2.2C19H18N4O2/c1-3-14-5-6-16(23-10-14)8-20(25)19-9-17(7-15(4-2)24-19)26-18-11-21-13-22-12-18;2*1-3-14-7-16(25-17-10-20-12-21-11-17)9-18(23-14)19(24)8-15-6-4-5-13(2)22-15/h1,5-7,9-13H,4,8H2,2H3;2*4-7,9-12H,3,8H2,1-2H3. The predicted molar refractivity (Wildman–Crippen MR) is 281 cm³/mol. The Morgan fingerprint density at radius 2 is 0.776 bits per heavy atom. The lowest BCUT2D eigenvalue weighted by molar-refractivity contribution is 0.0978. The topological polar surface area (TPSA) is 234 Å². The van der Waals surface area contributed by atoms with Crippen molar-refractivity contribution in [3.05, 3.63) is 215 Å². The molecular formula is C58H52N12O6. The molecule has 18 heteroatoms. The minimum atomic E-state index is -0.143. The zero-order chi connectivity index (χ0) is 53.7. The van der Waals surface area contributed by atoms with Crippen molar-refractivity contribution in [2.75, 3.05) is 0 Å². The minimum Gasteiger partial charge on any atom is -0.454 e. The van der Waals surface area contributed by atoms with Gasteiger partial charge in [0.15, 0.2) is 34.6 Å². The lowest BCUT2D eigenvalue weighted by Gasteiger charge is -2.09. The number of aromatic nitrogens is 12. The summed E-state index contributed by atoms with van der Waals surface area (Å²) >= 11 is 0. The lowest BCUT2D eigenvalue weighted by Crippen LogP contribution is -2.09. The van der Waals surface area contributed by atoms with Crippen molar-refractivity contribution >= 4 is 17.3 Å². The van der Waals surface area contributed by atoms with E-state index in [1.165, 1.54) is 19.0 Å². The number of pyridine rings is 6. The van der Waals surface area contributed by atoms with Crippen LogP contribution in [0.15, 0.2) is 147 Å². The van der Waals surface area contributed by atoms with Crippen LogP contribution < -0.4 is 14.2 Å². The van der Waals surface area contributed by atoms with Crippen LogP contribution in [0.25, 0.3) is 0 Å². The number of hydrogen-bond acceptors (Lipinski definition) is 18. The maximum absolute atomic E-state index is 12.6. The van der Waals surface area contributed by atoms with Crippen LogP contribution in [0.3, 0.4) is 0 Å². The molecule has 0 saturated carbocycles. The molecule has 9 aromatic heterocycles. The Morgan fingerprint density at radius 3 is 1.08 bits per heavy atom. The van der Waals surface area contributed by atoms with E-state index in [4.69, 9.17) is 20.6 Å². The molecule has 18 nitrogen and oxygen atoms in total. The Bertz CT molecular complexity index is 3290. The first-order chi connectivity index (χ1) is 36.9. The summed E-state index contributed by atoms with van der Waals surface area (Å²) in [6, 6.07) is 25.1. The van der Waals surface area contributed by atoms with Crippen LogP contribution in [0.1, 0.15) is 103 Å². The molecule has 0 bridgehead atoms. The number of carbonyl (C=O) groups excluding carboxylic acids is 3. The fourth-order valence-electron chi connectivity index (χ4n) is 7.03. The van der Waals surface area contributed by atoms with Gasteiger partial charge in [-0.05, 0) is 69.5 Å². The molecule has 380 valence electrons. The van der Waals surface area contributed by atoms with E-state index in [2.05, 4.69) is 65.7 Å². The van der Waals surface area contributed by atoms with Gasteiger partial charge in [-0.1, -0.05) is 38.8 Å². The van der Waals surface area contributed by atoms with Crippen molar-refractivity contribution in [3.63, 3.8) is 0 Å². The third-order valence-electron chi connectivity index (χ3n) is 10.7. The Labute approximate surface area is 439 Å². The number of ether oxygens (including phenoxy) is 3. The smallest absolute Gasteiger partial charge is 0.187 e. The highest BCUT2D eigenvalue weighted by Gasteiger charge is 2.17. The molecule has 0 aromatic carbocycles. The van der Waals surface area contributed by atoms with Gasteiger partial charge in [0.2, 0.25) is 0 Å². The van der Waals surface area contributed by atoms with Gasteiger partial charge in [-0.25, -0.2) is 44.9 Å². The fraction of sp³-hybridized carbons (Fsp3) is 0.190. The van der Waals surface area contributed by atoms with Gasteiger partial charge >= 0.3 is 0 Å². The Morgan fingerprint density at radius 1 is 0.421 bits per heavy atom. The highest BCUT2D eigenvalue weighted by molar-refractivity contribution is 5.97. The first-order valence-electron chi connectivity index (χ1n) is 24.1. The monoisotopic (exact) mass is 1010 g/mol. The number of ketones is 3. The molecule has 0 fully saturated rings. The molecule has 0 unspecified atom stereocenters. The number of aryl methyl sites for hydroxylation is 5. The number of hydrogen-bond donors (Lipinski definition) is 0. The second kappa shape index (κ2) is 27.2. The van der Waals surface area contributed by atoms with E-state index in [9.17, 15) is 14.4 Å². The van der Waals surface area contributed by atoms with E-state index in [1.54, 1.807) is 79.8 Å². The zero-order valence-corrected chi connectivity index (χ0v) is 42.5. The van der Waals surface area contributed by atoms with E-state index >= 15 is 0 Å². The van der Waals surface area contributed by atoms with E-state index in [0.29, 0.717) is 82.1 Å². The molecule has 9 heterocycles. The second-order valence-electron chi connectivity index (χ2n) is 16.7. The van der Waals surface area contributed by atoms with Gasteiger partial charge in [-0.2, -0.15) is 0 Å². The van der Waals surface area contributed by atoms with Crippen LogP contribution in [-0.2, 0) is 38.5 Å². The van der Waals surface area contributed by atoms with Crippen LogP contribution >= 0.6 is 0 Å². The van der Waals surface area contributed by atoms with Crippen molar-refractivity contribution in [2.45, 2.75) is 73.1 Å².